The first-order valence-electron chi connectivity index (χ1n) is 8.54. The number of morpholine rings is 1. The number of carbonyl (C=O) groups is 1. The molecule has 1 aliphatic heterocycles. The predicted octanol–water partition coefficient (Wildman–Crippen LogP) is 0.265. The quantitative estimate of drug-likeness (QED) is 0.401. The highest BCUT2D eigenvalue weighted by Crippen LogP contribution is 2.17. The molecule has 10 heteroatoms. The third-order valence-electron chi connectivity index (χ3n) is 4.16. The lowest BCUT2D eigenvalue weighted by atomic mass is 10.2. The average Bonchev–Trinajstić information content (AvgIpc) is 2.66. The van der Waals surface area contributed by atoms with Crippen molar-refractivity contribution in [2.75, 3.05) is 49.7 Å². The molecule has 8 nitrogen and oxygen atoms in total. The number of nitrogens with two attached hydrogens (primary N) is 1. The lowest BCUT2D eigenvalue weighted by molar-refractivity contribution is -0.905. The fraction of sp³-hybridized carbons (Fsp3) is 0.353. The molecule has 5 N–H and O–H groups in total. The van der Waals surface area contributed by atoms with Crippen LogP contribution in [-0.4, -0.2) is 54.5 Å². The van der Waals surface area contributed by atoms with E-state index in [9.17, 15) is 9.59 Å². The van der Waals surface area contributed by atoms with Gasteiger partial charge in [-0.25, -0.2) is 4.98 Å². The summed E-state index contributed by atoms with van der Waals surface area (Å²) in [6.45, 7) is 4.49. The summed E-state index contributed by atoms with van der Waals surface area (Å²) >= 11 is 7.24. The molecule has 2 aromatic rings. The van der Waals surface area contributed by atoms with Gasteiger partial charge in [-0.05, 0) is 24.3 Å². The normalized spacial score (nSPS) is 14.9. The van der Waals surface area contributed by atoms with Gasteiger partial charge < -0.3 is 20.7 Å². The second-order valence-electron chi connectivity index (χ2n) is 6.05. The molecule has 3 rings (SSSR count). The van der Waals surface area contributed by atoms with Gasteiger partial charge in [0.25, 0.3) is 11.5 Å². The van der Waals surface area contributed by atoms with Crippen molar-refractivity contribution in [3.63, 3.8) is 0 Å². The summed E-state index contributed by atoms with van der Waals surface area (Å²) in [4.78, 5) is 32.9. The molecule has 144 valence electrons. The largest absolute Gasteiger partial charge is 0.382 e. The van der Waals surface area contributed by atoms with Crippen molar-refractivity contribution in [3.05, 3.63) is 45.2 Å². The SMILES string of the molecule is Nc1nc(SCC[NH+]2CCOCC2)[nH]c(=O)c1NC(=O)c1ccc(Cl)cc1. The van der Waals surface area contributed by atoms with E-state index >= 15 is 0 Å². The number of aromatic nitrogens is 2. The standard InChI is InChI=1S/C17H20ClN5O3S/c18-12-3-1-11(2-4-12)15(24)20-13-14(19)21-17(22-16(13)25)27-10-7-23-5-8-26-9-6-23/h1-4H,5-10H2,(H,20,24)(H3,19,21,22,25)/p+1. The third-order valence-corrected chi connectivity index (χ3v) is 5.29. The monoisotopic (exact) mass is 410 g/mol. The molecule has 0 saturated carbocycles. The Morgan fingerprint density at radius 1 is 1.33 bits per heavy atom. The summed E-state index contributed by atoms with van der Waals surface area (Å²) in [5.41, 5.74) is 5.71. The van der Waals surface area contributed by atoms with Crippen molar-refractivity contribution < 1.29 is 14.4 Å². The third kappa shape index (κ3) is 5.46. The Morgan fingerprint density at radius 2 is 2.04 bits per heavy atom. The Kier molecular flexibility index (Phi) is 6.73. The van der Waals surface area contributed by atoms with Crippen molar-refractivity contribution in [3.8, 4) is 0 Å². The summed E-state index contributed by atoms with van der Waals surface area (Å²) in [5.74, 6) is 0.332. The van der Waals surface area contributed by atoms with Gasteiger partial charge in [0.1, 0.15) is 18.8 Å². The Bertz CT molecular complexity index is 853. The van der Waals surface area contributed by atoms with E-state index in [4.69, 9.17) is 22.1 Å². The van der Waals surface area contributed by atoms with E-state index in [-0.39, 0.29) is 11.5 Å². The molecular weight excluding hydrogens is 390 g/mol. The number of anilines is 2. The van der Waals surface area contributed by atoms with Crippen molar-refractivity contribution in [2.45, 2.75) is 5.16 Å². The van der Waals surface area contributed by atoms with Gasteiger partial charge in [0.05, 0.1) is 25.5 Å². The van der Waals surface area contributed by atoms with Crippen LogP contribution < -0.4 is 21.5 Å². The molecule has 0 spiro atoms. The highest BCUT2D eigenvalue weighted by Gasteiger charge is 2.16. The van der Waals surface area contributed by atoms with Crippen LogP contribution >= 0.6 is 23.4 Å². The Hall–Kier alpha value is -2.07. The zero-order chi connectivity index (χ0) is 19.2. The highest BCUT2D eigenvalue weighted by molar-refractivity contribution is 7.99. The molecule has 0 unspecified atom stereocenters. The van der Waals surface area contributed by atoms with E-state index in [0.717, 1.165) is 38.6 Å². The van der Waals surface area contributed by atoms with Crippen LogP contribution in [0.4, 0.5) is 11.5 Å². The molecule has 1 saturated heterocycles. The maximum absolute atomic E-state index is 12.3. The number of quaternary nitrogens is 1. The number of hydrogen-bond donors (Lipinski definition) is 4. The van der Waals surface area contributed by atoms with Gasteiger partial charge in [-0.3, -0.25) is 14.6 Å². The maximum Gasteiger partial charge on any atom is 0.277 e. The molecule has 1 aliphatic rings. The first-order valence-corrected chi connectivity index (χ1v) is 9.90. The zero-order valence-corrected chi connectivity index (χ0v) is 16.2. The van der Waals surface area contributed by atoms with Crippen molar-refractivity contribution in [1.82, 2.24) is 9.97 Å². The van der Waals surface area contributed by atoms with Crippen LogP contribution in [0.5, 0.6) is 0 Å². The highest BCUT2D eigenvalue weighted by atomic mass is 35.5. The molecular formula is C17H21ClN5O3S+. The van der Waals surface area contributed by atoms with E-state index in [0.29, 0.717) is 15.7 Å². The van der Waals surface area contributed by atoms with Crippen LogP contribution in [0.1, 0.15) is 10.4 Å². The Labute approximate surface area is 165 Å². The number of thioether (sulfide) groups is 1. The van der Waals surface area contributed by atoms with Crippen LogP contribution in [-0.2, 0) is 4.74 Å². The van der Waals surface area contributed by atoms with E-state index in [2.05, 4.69) is 15.3 Å². The van der Waals surface area contributed by atoms with Gasteiger partial charge in [-0.1, -0.05) is 23.4 Å². The summed E-state index contributed by atoms with van der Waals surface area (Å²) in [6, 6.07) is 6.32. The minimum atomic E-state index is -0.481. The van der Waals surface area contributed by atoms with Gasteiger partial charge in [-0.15, -0.1) is 0 Å². The Balaban J connectivity index is 1.61. The van der Waals surface area contributed by atoms with Crippen molar-refractivity contribution >= 4 is 40.8 Å². The minimum Gasteiger partial charge on any atom is -0.382 e. The molecule has 1 aromatic carbocycles. The molecule has 0 atom stereocenters. The molecule has 0 radical (unpaired) electrons. The number of carbonyl (C=O) groups excluding carboxylic acids is 1. The van der Waals surface area contributed by atoms with Crippen molar-refractivity contribution in [2.24, 2.45) is 0 Å². The van der Waals surface area contributed by atoms with Gasteiger partial charge >= 0.3 is 0 Å². The van der Waals surface area contributed by atoms with E-state index < -0.39 is 11.5 Å². The van der Waals surface area contributed by atoms with Gasteiger partial charge in [-0.2, -0.15) is 0 Å². The number of amides is 1. The number of benzene rings is 1. The summed E-state index contributed by atoms with van der Waals surface area (Å²) in [7, 11) is 0. The van der Waals surface area contributed by atoms with E-state index in [1.165, 1.54) is 16.7 Å². The number of hydrogen-bond acceptors (Lipinski definition) is 6. The second kappa shape index (κ2) is 9.23. The average molecular weight is 411 g/mol. The number of ether oxygens (including phenoxy) is 1. The first-order chi connectivity index (χ1) is 13.0. The van der Waals surface area contributed by atoms with Crippen LogP contribution in [0, 0.1) is 0 Å². The fourth-order valence-corrected chi connectivity index (χ4v) is 3.69. The predicted molar refractivity (Wildman–Crippen MR) is 106 cm³/mol. The van der Waals surface area contributed by atoms with Crippen LogP contribution in [0.3, 0.4) is 0 Å². The molecule has 1 fully saturated rings. The lowest BCUT2D eigenvalue weighted by Crippen LogP contribution is -3.14. The maximum atomic E-state index is 12.3. The fourth-order valence-electron chi connectivity index (χ4n) is 2.65. The molecule has 1 aromatic heterocycles. The number of halogens is 1. The lowest BCUT2D eigenvalue weighted by Gasteiger charge is -2.23. The Morgan fingerprint density at radius 3 is 2.70 bits per heavy atom. The number of nitrogen functional groups attached to an aromatic ring is 1. The van der Waals surface area contributed by atoms with Crippen LogP contribution in [0.15, 0.2) is 34.2 Å². The number of aromatic amines is 1. The van der Waals surface area contributed by atoms with Crippen molar-refractivity contribution in [1.29, 1.82) is 0 Å². The summed E-state index contributed by atoms with van der Waals surface area (Å²) in [6.07, 6.45) is 0. The van der Waals surface area contributed by atoms with Gasteiger partial charge in [0.2, 0.25) is 0 Å². The smallest absolute Gasteiger partial charge is 0.277 e. The number of rotatable bonds is 6. The molecule has 0 aliphatic carbocycles. The second-order valence-corrected chi connectivity index (χ2v) is 7.57. The minimum absolute atomic E-state index is 0.0118. The number of nitrogens with zero attached hydrogens (tertiary/aromatic N) is 1. The number of H-pyrrole nitrogens is 1. The molecule has 0 bridgehead atoms. The van der Waals surface area contributed by atoms with Gasteiger partial charge in [0, 0.05) is 10.6 Å². The van der Waals surface area contributed by atoms with E-state index in [1.807, 2.05) is 0 Å². The summed E-state index contributed by atoms with van der Waals surface area (Å²) in [5, 5.41) is 3.47. The van der Waals surface area contributed by atoms with Crippen LogP contribution in [0.2, 0.25) is 5.02 Å². The molecule has 1 amide bonds. The topological polar surface area (TPSA) is 115 Å². The van der Waals surface area contributed by atoms with Crippen LogP contribution in [0.25, 0.3) is 0 Å². The van der Waals surface area contributed by atoms with E-state index in [1.54, 1.807) is 24.3 Å². The summed E-state index contributed by atoms with van der Waals surface area (Å²) < 4.78 is 5.33. The zero-order valence-electron chi connectivity index (χ0n) is 14.6. The number of nitrogens with one attached hydrogen (secondary N) is 3. The molecule has 27 heavy (non-hydrogen) atoms. The first kappa shape index (κ1) is 19.7. The van der Waals surface area contributed by atoms with Gasteiger partial charge in [0.15, 0.2) is 11.0 Å². The molecule has 2 heterocycles.